The van der Waals surface area contributed by atoms with E-state index in [2.05, 4.69) is 12.2 Å². The highest BCUT2D eigenvalue weighted by Gasteiger charge is 2.36. The van der Waals surface area contributed by atoms with Crippen molar-refractivity contribution < 1.29 is 8.42 Å². The Balaban J connectivity index is 2.21. The molecule has 1 N–H and O–H groups in total. The molecule has 1 rings (SSSR count). The minimum Gasteiger partial charge on any atom is -0.313 e. The van der Waals surface area contributed by atoms with Crippen molar-refractivity contribution in [2.24, 2.45) is 5.41 Å². The molecule has 0 aliphatic heterocycles. The maximum absolute atomic E-state index is 10.9. The number of rotatable bonds is 5. The molecule has 0 radical (unpaired) electrons. The van der Waals surface area contributed by atoms with Crippen LogP contribution < -0.4 is 5.32 Å². The van der Waals surface area contributed by atoms with Crippen LogP contribution in [0.15, 0.2) is 0 Å². The van der Waals surface area contributed by atoms with Crippen molar-refractivity contribution in [3.8, 4) is 0 Å². The van der Waals surface area contributed by atoms with E-state index in [1.165, 1.54) is 19.1 Å². The largest absolute Gasteiger partial charge is 0.313 e. The molecule has 0 aromatic rings. The van der Waals surface area contributed by atoms with Gasteiger partial charge in [0, 0.05) is 18.8 Å². The smallest absolute Gasteiger partial charge is 0.148 e. The van der Waals surface area contributed by atoms with Gasteiger partial charge in [-0.25, -0.2) is 8.42 Å². The minimum atomic E-state index is -2.83. The van der Waals surface area contributed by atoms with Gasteiger partial charge < -0.3 is 5.32 Å². The molecule has 0 amide bonds. The summed E-state index contributed by atoms with van der Waals surface area (Å²) in [4.78, 5) is 0. The summed E-state index contributed by atoms with van der Waals surface area (Å²) in [6.07, 6.45) is 3.82. The summed E-state index contributed by atoms with van der Waals surface area (Å²) in [5.41, 5.74) is 0.450. The summed E-state index contributed by atoms with van der Waals surface area (Å²) in [5, 5.41) is 3.26. The lowest BCUT2D eigenvalue weighted by molar-refractivity contribution is 0.463. The van der Waals surface area contributed by atoms with Gasteiger partial charge >= 0.3 is 0 Å². The summed E-state index contributed by atoms with van der Waals surface area (Å²) in [6, 6.07) is 0.0763. The second-order valence-electron chi connectivity index (χ2n) is 4.69. The van der Waals surface area contributed by atoms with Gasteiger partial charge in [-0.15, -0.1) is 0 Å². The third kappa shape index (κ3) is 4.62. The predicted octanol–water partition coefficient (Wildman–Crippen LogP) is 0.809. The summed E-state index contributed by atoms with van der Waals surface area (Å²) >= 11 is 0. The summed E-state index contributed by atoms with van der Waals surface area (Å²) in [5.74, 6) is 0.239. The molecule has 4 heteroatoms. The zero-order valence-electron chi connectivity index (χ0n) is 8.63. The minimum absolute atomic E-state index is 0.0763. The fraction of sp³-hybridized carbons (Fsp3) is 1.00. The third-order valence-corrected chi connectivity index (χ3v) is 3.64. The molecule has 0 spiro atoms. The van der Waals surface area contributed by atoms with Gasteiger partial charge in [0.2, 0.25) is 0 Å². The molecule has 1 atom stereocenters. The van der Waals surface area contributed by atoms with E-state index in [-0.39, 0.29) is 11.8 Å². The number of hydrogen-bond donors (Lipinski definition) is 1. The number of hydrogen-bond acceptors (Lipinski definition) is 3. The van der Waals surface area contributed by atoms with Crippen LogP contribution in [0.1, 0.15) is 26.7 Å². The van der Waals surface area contributed by atoms with Gasteiger partial charge in [0.05, 0.1) is 5.75 Å². The topological polar surface area (TPSA) is 46.2 Å². The zero-order chi connectivity index (χ0) is 10.1. The zero-order valence-corrected chi connectivity index (χ0v) is 9.45. The van der Waals surface area contributed by atoms with Crippen LogP contribution >= 0.6 is 0 Å². The van der Waals surface area contributed by atoms with E-state index < -0.39 is 9.84 Å². The molecule has 0 saturated heterocycles. The van der Waals surface area contributed by atoms with E-state index >= 15 is 0 Å². The van der Waals surface area contributed by atoms with Gasteiger partial charge in [0.25, 0.3) is 0 Å². The normalized spacial score (nSPS) is 22.7. The molecule has 1 unspecified atom stereocenters. The van der Waals surface area contributed by atoms with Gasteiger partial charge in [-0.2, -0.15) is 0 Å². The standard InChI is InChI=1S/C9H19NO2S/c1-8(6-13(3,11)12)10-7-9(2)4-5-9/h8,10H,4-7H2,1-3H3. The summed E-state index contributed by atoms with van der Waals surface area (Å²) in [6.45, 7) is 5.10. The maximum Gasteiger partial charge on any atom is 0.148 e. The average molecular weight is 205 g/mol. The Morgan fingerprint density at radius 3 is 2.38 bits per heavy atom. The van der Waals surface area contributed by atoms with Crippen molar-refractivity contribution in [1.29, 1.82) is 0 Å². The van der Waals surface area contributed by atoms with Gasteiger partial charge in [0.1, 0.15) is 9.84 Å². The summed E-state index contributed by atoms with van der Waals surface area (Å²) in [7, 11) is -2.83. The molecule has 3 nitrogen and oxygen atoms in total. The van der Waals surface area contributed by atoms with E-state index in [1.54, 1.807) is 0 Å². The van der Waals surface area contributed by atoms with Crippen LogP contribution in [0.25, 0.3) is 0 Å². The highest BCUT2D eigenvalue weighted by molar-refractivity contribution is 7.90. The first-order valence-corrected chi connectivity index (χ1v) is 6.78. The van der Waals surface area contributed by atoms with Crippen LogP contribution in [-0.2, 0) is 9.84 Å². The molecule has 78 valence electrons. The molecule has 1 aliphatic rings. The Kier molecular flexibility index (Phi) is 3.02. The third-order valence-electron chi connectivity index (χ3n) is 2.53. The van der Waals surface area contributed by atoms with Gasteiger partial charge in [-0.05, 0) is 25.2 Å². The van der Waals surface area contributed by atoms with Crippen molar-refractivity contribution in [3.63, 3.8) is 0 Å². The molecule has 0 aromatic heterocycles. The molecule has 1 aliphatic carbocycles. The van der Waals surface area contributed by atoms with Crippen LogP contribution in [0.5, 0.6) is 0 Å². The fourth-order valence-electron chi connectivity index (χ4n) is 1.32. The number of nitrogens with one attached hydrogen (secondary N) is 1. The predicted molar refractivity (Wildman–Crippen MR) is 54.5 cm³/mol. The Morgan fingerprint density at radius 1 is 1.46 bits per heavy atom. The van der Waals surface area contributed by atoms with E-state index in [4.69, 9.17) is 0 Å². The second-order valence-corrected chi connectivity index (χ2v) is 6.87. The molecule has 0 heterocycles. The molecule has 1 fully saturated rings. The first-order chi connectivity index (χ1) is 5.81. The quantitative estimate of drug-likeness (QED) is 0.722. The molecule has 1 saturated carbocycles. The lowest BCUT2D eigenvalue weighted by Crippen LogP contribution is -2.36. The average Bonchev–Trinajstić information content (AvgIpc) is 2.62. The Morgan fingerprint density at radius 2 is 2.00 bits per heavy atom. The molecular weight excluding hydrogens is 186 g/mol. The van der Waals surface area contributed by atoms with Crippen molar-refractivity contribution in [1.82, 2.24) is 5.32 Å². The fourth-order valence-corrected chi connectivity index (χ4v) is 2.35. The first kappa shape index (κ1) is 11.0. The lowest BCUT2D eigenvalue weighted by Gasteiger charge is -2.15. The van der Waals surface area contributed by atoms with Crippen LogP contribution in [0.4, 0.5) is 0 Å². The van der Waals surface area contributed by atoms with Crippen molar-refractivity contribution in [2.45, 2.75) is 32.7 Å². The number of sulfone groups is 1. The van der Waals surface area contributed by atoms with E-state index in [1.807, 2.05) is 6.92 Å². The van der Waals surface area contributed by atoms with E-state index in [0.717, 1.165) is 6.54 Å². The molecule has 0 aromatic carbocycles. The highest BCUT2D eigenvalue weighted by atomic mass is 32.2. The van der Waals surface area contributed by atoms with Crippen molar-refractivity contribution in [3.05, 3.63) is 0 Å². The molecule has 13 heavy (non-hydrogen) atoms. The highest BCUT2D eigenvalue weighted by Crippen LogP contribution is 2.44. The SMILES string of the molecule is CC(CS(C)(=O)=O)NCC1(C)CC1. The second kappa shape index (κ2) is 3.58. The Hall–Kier alpha value is -0.0900. The van der Waals surface area contributed by atoms with E-state index in [0.29, 0.717) is 5.41 Å². The van der Waals surface area contributed by atoms with Crippen LogP contribution in [0.2, 0.25) is 0 Å². The maximum atomic E-state index is 10.9. The van der Waals surface area contributed by atoms with Crippen LogP contribution in [0, 0.1) is 5.41 Å². The van der Waals surface area contributed by atoms with Crippen LogP contribution in [-0.4, -0.2) is 33.0 Å². The van der Waals surface area contributed by atoms with Gasteiger partial charge in [-0.1, -0.05) is 6.92 Å². The van der Waals surface area contributed by atoms with Crippen molar-refractivity contribution in [2.75, 3.05) is 18.6 Å². The van der Waals surface area contributed by atoms with Gasteiger partial charge in [-0.3, -0.25) is 0 Å². The Bertz CT molecular complexity index is 267. The monoisotopic (exact) mass is 205 g/mol. The van der Waals surface area contributed by atoms with Gasteiger partial charge in [0.15, 0.2) is 0 Å². The van der Waals surface area contributed by atoms with Crippen molar-refractivity contribution >= 4 is 9.84 Å². The lowest BCUT2D eigenvalue weighted by atomic mass is 10.1. The Labute approximate surface area is 80.8 Å². The van der Waals surface area contributed by atoms with E-state index in [9.17, 15) is 8.42 Å². The first-order valence-electron chi connectivity index (χ1n) is 4.72. The molecule has 0 bridgehead atoms. The van der Waals surface area contributed by atoms with Crippen LogP contribution in [0.3, 0.4) is 0 Å². The molecular formula is C9H19NO2S. The summed E-state index contributed by atoms with van der Waals surface area (Å²) < 4.78 is 21.9.